The molecule has 4 aromatic rings. The predicted octanol–water partition coefficient (Wildman–Crippen LogP) is 5.59. The van der Waals surface area contributed by atoms with E-state index in [9.17, 15) is 10.2 Å². The Morgan fingerprint density at radius 1 is 0.963 bits per heavy atom. The van der Waals surface area contributed by atoms with Crippen molar-refractivity contribution >= 4 is 21.7 Å². The van der Waals surface area contributed by atoms with Crippen molar-refractivity contribution in [3.8, 4) is 22.6 Å². The number of hydrogen-bond acceptors (Lipinski definition) is 3. The van der Waals surface area contributed by atoms with Crippen molar-refractivity contribution in [2.75, 3.05) is 0 Å². The number of phenolic OH excluding ortho intramolecular Hbond substituents is 2. The maximum absolute atomic E-state index is 10.1. The van der Waals surface area contributed by atoms with Crippen LogP contribution in [-0.4, -0.2) is 15.2 Å². The first kappa shape index (κ1) is 16.1. The van der Waals surface area contributed by atoms with Gasteiger partial charge >= 0.3 is 0 Å². The number of rotatable bonds is 1. The van der Waals surface area contributed by atoms with E-state index in [0.717, 1.165) is 41.3 Å². The van der Waals surface area contributed by atoms with E-state index in [1.54, 1.807) is 12.1 Å². The van der Waals surface area contributed by atoms with Gasteiger partial charge in [-0.3, -0.25) is 4.98 Å². The van der Waals surface area contributed by atoms with Crippen LogP contribution in [0.2, 0.25) is 0 Å². The first-order valence-electron chi connectivity index (χ1n) is 9.47. The second-order valence-electron chi connectivity index (χ2n) is 7.64. The van der Waals surface area contributed by atoms with Crippen LogP contribution in [0.4, 0.5) is 0 Å². The van der Waals surface area contributed by atoms with Crippen molar-refractivity contribution in [2.45, 2.75) is 26.2 Å². The number of aromatic nitrogens is 1. The lowest BCUT2D eigenvalue weighted by molar-refractivity contribution is 0.404. The number of fused-ring (bicyclic) bond motifs is 4. The van der Waals surface area contributed by atoms with Gasteiger partial charge in [0.2, 0.25) is 0 Å². The first-order chi connectivity index (χ1) is 13.1. The van der Waals surface area contributed by atoms with E-state index in [4.69, 9.17) is 4.98 Å². The summed E-state index contributed by atoms with van der Waals surface area (Å²) < 4.78 is 0. The number of phenols is 2. The zero-order chi connectivity index (χ0) is 18.5. The molecule has 2 N–H and O–H groups in total. The first-order valence-corrected chi connectivity index (χ1v) is 9.47. The molecule has 0 aliphatic heterocycles. The fraction of sp³-hybridized carbons (Fsp3) is 0.208. The molecule has 5 rings (SSSR count). The Labute approximate surface area is 157 Å². The number of aryl methyl sites for hydroxylation is 1. The maximum Gasteiger partial charge on any atom is 0.158 e. The molecule has 0 saturated heterocycles. The summed E-state index contributed by atoms with van der Waals surface area (Å²) >= 11 is 0. The molecule has 0 spiro atoms. The van der Waals surface area contributed by atoms with E-state index < -0.39 is 0 Å². The molecule has 1 aliphatic carbocycles. The van der Waals surface area contributed by atoms with Gasteiger partial charge < -0.3 is 10.2 Å². The summed E-state index contributed by atoms with van der Waals surface area (Å²) in [5.41, 5.74) is 5.51. The zero-order valence-electron chi connectivity index (χ0n) is 15.2. The van der Waals surface area contributed by atoms with Crippen molar-refractivity contribution in [3.63, 3.8) is 0 Å². The normalized spacial score (nSPS) is 16.6. The SMILES string of the molecule is C[C@H]1CCc2nc3ccc4ccccc4c3c(-c3ccc(O)c(O)c3)c2C1. The monoisotopic (exact) mass is 355 g/mol. The number of benzene rings is 3. The lowest BCUT2D eigenvalue weighted by Crippen LogP contribution is -2.14. The molecule has 3 nitrogen and oxygen atoms in total. The van der Waals surface area contributed by atoms with Crippen LogP contribution >= 0.6 is 0 Å². The van der Waals surface area contributed by atoms with Gasteiger partial charge in [0.1, 0.15) is 0 Å². The van der Waals surface area contributed by atoms with E-state index in [1.807, 2.05) is 12.1 Å². The molecule has 0 fully saturated rings. The van der Waals surface area contributed by atoms with E-state index >= 15 is 0 Å². The molecule has 1 atom stereocenters. The minimum absolute atomic E-state index is 0.0877. The highest BCUT2D eigenvalue weighted by atomic mass is 16.3. The maximum atomic E-state index is 10.1. The Bertz CT molecular complexity index is 1200. The minimum atomic E-state index is -0.0933. The molecule has 0 amide bonds. The third-order valence-corrected chi connectivity index (χ3v) is 5.75. The number of hydrogen-bond donors (Lipinski definition) is 2. The molecular formula is C24H21NO2. The van der Waals surface area contributed by atoms with Gasteiger partial charge in [0.25, 0.3) is 0 Å². The summed E-state index contributed by atoms with van der Waals surface area (Å²) in [7, 11) is 0. The van der Waals surface area contributed by atoms with Gasteiger partial charge in [0.05, 0.1) is 5.52 Å². The van der Waals surface area contributed by atoms with Crippen molar-refractivity contribution in [1.82, 2.24) is 4.98 Å². The molecule has 27 heavy (non-hydrogen) atoms. The van der Waals surface area contributed by atoms with Crippen molar-refractivity contribution in [3.05, 3.63) is 65.9 Å². The Morgan fingerprint density at radius 3 is 2.67 bits per heavy atom. The molecule has 0 radical (unpaired) electrons. The topological polar surface area (TPSA) is 53.4 Å². The highest BCUT2D eigenvalue weighted by molar-refractivity contribution is 6.14. The van der Waals surface area contributed by atoms with E-state index in [1.165, 1.54) is 22.0 Å². The molecule has 3 aromatic carbocycles. The summed E-state index contributed by atoms with van der Waals surface area (Å²) in [4.78, 5) is 5.01. The van der Waals surface area contributed by atoms with Gasteiger partial charge in [-0.2, -0.15) is 0 Å². The third-order valence-electron chi connectivity index (χ3n) is 5.75. The molecule has 3 heteroatoms. The molecule has 0 saturated carbocycles. The highest BCUT2D eigenvalue weighted by Crippen LogP contribution is 2.42. The van der Waals surface area contributed by atoms with Crippen LogP contribution in [0, 0.1) is 5.92 Å². The van der Waals surface area contributed by atoms with Crippen LogP contribution in [0.5, 0.6) is 11.5 Å². The van der Waals surface area contributed by atoms with Crippen LogP contribution < -0.4 is 0 Å². The van der Waals surface area contributed by atoms with Crippen LogP contribution in [0.25, 0.3) is 32.8 Å². The smallest absolute Gasteiger partial charge is 0.158 e. The van der Waals surface area contributed by atoms with E-state index in [2.05, 4.69) is 37.3 Å². The predicted molar refractivity (Wildman–Crippen MR) is 109 cm³/mol. The lowest BCUT2D eigenvalue weighted by atomic mass is 9.81. The van der Waals surface area contributed by atoms with Crippen LogP contribution in [-0.2, 0) is 12.8 Å². The Hall–Kier alpha value is -3.07. The van der Waals surface area contributed by atoms with E-state index in [0.29, 0.717) is 5.92 Å². The fourth-order valence-electron chi connectivity index (χ4n) is 4.38. The Balaban J connectivity index is 1.96. The van der Waals surface area contributed by atoms with Crippen LogP contribution in [0.15, 0.2) is 54.6 Å². The lowest BCUT2D eigenvalue weighted by Gasteiger charge is -2.25. The van der Waals surface area contributed by atoms with Crippen molar-refractivity contribution in [2.24, 2.45) is 5.92 Å². The molecule has 0 unspecified atom stereocenters. The molecule has 1 aromatic heterocycles. The summed E-state index contributed by atoms with van der Waals surface area (Å²) in [5.74, 6) is 0.427. The summed E-state index contributed by atoms with van der Waals surface area (Å²) in [6, 6.07) is 17.7. The second kappa shape index (κ2) is 5.98. The molecule has 0 bridgehead atoms. The average Bonchev–Trinajstić information content (AvgIpc) is 2.68. The van der Waals surface area contributed by atoms with Gasteiger partial charge in [0, 0.05) is 11.1 Å². The van der Waals surface area contributed by atoms with Crippen molar-refractivity contribution < 1.29 is 10.2 Å². The summed E-state index contributed by atoms with van der Waals surface area (Å²) in [6.07, 6.45) is 3.12. The largest absolute Gasteiger partial charge is 0.504 e. The minimum Gasteiger partial charge on any atom is -0.504 e. The third kappa shape index (κ3) is 2.54. The van der Waals surface area contributed by atoms with Gasteiger partial charge in [-0.05, 0) is 70.8 Å². The van der Waals surface area contributed by atoms with Gasteiger partial charge in [-0.15, -0.1) is 0 Å². The number of pyridine rings is 1. The quantitative estimate of drug-likeness (QED) is 0.346. The molecular weight excluding hydrogens is 334 g/mol. The summed E-state index contributed by atoms with van der Waals surface area (Å²) in [5, 5.41) is 23.4. The zero-order valence-corrected chi connectivity index (χ0v) is 15.2. The Morgan fingerprint density at radius 2 is 1.81 bits per heavy atom. The molecule has 1 aliphatic rings. The standard InChI is InChI=1S/C24H21NO2/c1-14-6-9-19-18(12-14)23(16-8-11-21(26)22(27)13-16)24-17-5-3-2-4-15(17)7-10-20(24)25-19/h2-5,7-8,10-11,13-14,26-27H,6,9,12H2,1H3/t14-/m0/s1. The molecule has 134 valence electrons. The van der Waals surface area contributed by atoms with Gasteiger partial charge in [-0.1, -0.05) is 43.3 Å². The number of nitrogens with zero attached hydrogens (tertiary/aromatic N) is 1. The van der Waals surface area contributed by atoms with Gasteiger partial charge in [0.15, 0.2) is 11.5 Å². The average molecular weight is 355 g/mol. The van der Waals surface area contributed by atoms with E-state index in [-0.39, 0.29) is 11.5 Å². The molecule has 1 heterocycles. The van der Waals surface area contributed by atoms with Crippen molar-refractivity contribution in [1.29, 1.82) is 0 Å². The number of aromatic hydroxyl groups is 2. The van der Waals surface area contributed by atoms with Crippen LogP contribution in [0.1, 0.15) is 24.6 Å². The van der Waals surface area contributed by atoms with Crippen LogP contribution in [0.3, 0.4) is 0 Å². The van der Waals surface area contributed by atoms with Gasteiger partial charge in [-0.25, -0.2) is 0 Å². The highest BCUT2D eigenvalue weighted by Gasteiger charge is 2.24. The summed E-state index contributed by atoms with van der Waals surface area (Å²) in [6.45, 7) is 2.29. The second-order valence-corrected chi connectivity index (χ2v) is 7.64. The fourth-order valence-corrected chi connectivity index (χ4v) is 4.38. The Kier molecular flexibility index (Phi) is 3.57.